The number of likely N-dealkylation sites (tertiary alicyclic amines) is 1. The fraction of sp³-hybridized carbons (Fsp3) is 0.750. The molecule has 0 aliphatic carbocycles. The molecular weight excluding hydrogens is 188 g/mol. The topological polar surface area (TPSA) is 32.3 Å². The van der Waals surface area contributed by atoms with Gasteiger partial charge in [-0.25, -0.2) is 0 Å². The molecule has 1 amide bonds. The molecule has 3 heteroatoms. The predicted molar refractivity (Wildman–Crippen MR) is 62.7 cm³/mol. The van der Waals surface area contributed by atoms with Crippen molar-refractivity contribution in [2.24, 2.45) is 0 Å². The van der Waals surface area contributed by atoms with Gasteiger partial charge in [0.2, 0.25) is 5.91 Å². The third-order valence-electron chi connectivity index (χ3n) is 2.95. The summed E-state index contributed by atoms with van der Waals surface area (Å²) in [6.07, 6.45) is 5.78. The molecular formula is C12H22N2O. The Morgan fingerprint density at radius 3 is 3.07 bits per heavy atom. The number of carbonyl (C=O) groups excluding carboxylic acids is 1. The van der Waals surface area contributed by atoms with Crippen molar-refractivity contribution in [2.45, 2.75) is 44.7 Å². The highest BCUT2D eigenvalue weighted by molar-refractivity contribution is 5.76. The molecule has 0 aromatic carbocycles. The SMILES string of the molecule is C=CCC[C@@H](C)N[C@@H]1CCC(=O)N(C)C1. The van der Waals surface area contributed by atoms with E-state index in [9.17, 15) is 4.79 Å². The molecule has 0 aromatic heterocycles. The van der Waals surface area contributed by atoms with E-state index >= 15 is 0 Å². The summed E-state index contributed by atoms with van der Waals surface area (Å²) < 4.78 is 0. The zero-order valence-electron chi connectivity index (χ0n) is 9.83. The van der Waals surface area contributed by atoms with Crippen LogP contribution in [0.2, 0.25) is 0 Å². The van der Waals surface area contributed by atoms with Crippen molar-refractivity contribution in [1.82, 2.24) is 10.2 Å². The fourth-order valence-electron chi connectivity index (χ4n) is 2.00. The molecule has 15 heavy (non-hydrogen) atoms. The molecule has 1 heterocycles. The maximum Gasteiger partial charge on any atom is 0.222 e. The van der Waals surface area contributed by atoms with Gasteiger partial charge in [-0.1, -0.05) is 6.08 Å². The van der Waals surface area contributed by atoms with Gasteiger partial charge < -0.3 is 10.2 Å². The van der Waals surface area contributed by atoms with E-state index < -0.39 is 0 Å². The van der Waals surface area contributed by atoms with Gasteiger partial charge in [-0.15, -0.1) is 6.58 Å². The average Bonchev–Trinajstić information content (AvgIpc) is 2.20. The summed E-state index contributed by atoms with van der Waals surface area (Å²) in [7, 11) is 1.88. The first kappa shape index (κ1) is 12.2. The van der Waals surface area contributed by atoms with E-state index in [4.69, 9.17) is 0 Å². The van der Waals surface area contributed by atoms with Crippen LogP contribution < -0.4 is 5.32 Å². The monoisotopic (exact) mass is 210 g/mol. The average molecular weight is 210 g/mol. The molecule has 3 nitrogen and oxygen atoms in total. The number of rotatable bonds is 5. The summed E-state index contributed by atoms with van der Waals surface area (Å²) in [6, 6.07) is 0.974. The smallest absolute Gasteiger partial charge is 0.222 e. The van der Waals surface area contributed by atoms with Crippen molar-refractivity contribution in [1.29, 1.82) is 0 Å². The Kier molecular flexibility index (Phi) is 4.82. The largest absolute Gasteiger partial charge is 0.344 e. The van der Waals surface area contributed by atoms with E-state index in [0.717, 1.165) is 25.8 Å². The Labute approximate surface area is 92.5 Å². The minimum atomic E-state index is 0.270. The molecule has 0 unspecified atom stereocenters. The number of hydrogen-bond acceptors (Lipinski definition) is 2. The third-order valence-corrected chi connectivity index (χ3v) is 2.95. The molecule has 1 saturated heterocycles. The van der Waals surface area contributed by atoms with Gasteiger partial charge >= 0.3 is 0 Å². The number of amides is 1. The molecule has 1 aliphatic rings. The summed E-state index contributed by atoms with van der Waals surface area (Å²) in [5, 5.41) is 3.56. The van der Waals surface area contributed by atoms with E-state index in [1.165, 1.54) is 0 Å². The summed E-state index contributed by atoms with van der Waals surface area (Å²) in [5.74, 6) is 0.270. The van der Waals surface area contributed by atoms with Crippen LogP contribution >= 0.6 is 0 Å². The molecule has 1 aliphatic heterocycles. The Morgan fingerprint density at radius 1 is 1.73 bits per heavy atom. The van der Waals surface area contributed by atoms with Gasteiger partial charge in [0, 0.05) is 32.1 Å². The van der Waals surface area contributed by atoms with E-state index in [0.29, 0.717) is 18.5 Å². The van der Waals surface area contributed by atoms with Crippen molar-refractivity contribution >= 4 is 5.91 Å². The first-order valence-electron chi connectivity index (χ1n) is 5.74. The van der Waals surface area contributed by atoms with Crippen LogP contribution in [-0.4, -0.2) is 36.5 Å². The molecule has 1 N–H and O–H groups in total. The molecule has 1 fully saturated rings. The Morgan fingerprint density at radius 2 is 2.47 bits per heavy atom. The van der Waals surface area contributed by atoms with E-state index in [1.807, 2.05) is 18.0 Å². The van der Waals surface area contributed by atoms with Gasteiger partial charge in [0.15, 0.2) is 0 Å². The molecule has 0 radical (unpaired) electrons. The second-order valence-electron chi connectivity index (χ2n) is 4.44. The quantitative estimate of drug-likeness (QED) is 0.698. The van der Waals surface area contributed by atoms with Crippen molar-refractivity contribution < 1.29 is 4.79 Å². The van der Waals surface area contributed by atoms with Crippen molar-refractivity contribution in [3.05, 3.63) is 12.7 Å². The summed E-state index contributed by atoms with van der Waals surface area (Å²) in [6.45, 7) is 6.76. The molecule has 1 rings (SSSR count). The van der Waals surface area contributed by atoms with Crippen LogP contribution in [0.1, 0.15) is 32.6 Å². The van der Waals surface area contributed by atoms with Crippen LogP contribution in [0.3, 0.4) is 0 Å². The third kappa shape index (κ3) is 4.04. The number of carbonyl (C=O) groups is 1. The molecule has 0 bridgehead atoms. The number of hydrogen-bond donors (Lipinski definition) is 1. The maximum atomic E-state index is 11.3. The number of nitrogens with one attached hydrogen (secondary N) is 1. The molecule has 86 valence electrons. The Balaban J connectivity index is 2.26. The zero-order valence-corrected chi connectivity index (χ0v) is 9.83. The first-order chi connectivity index (χ1) is 7.13. The van der Waals surface area contributed by atoms with Crippen molar-refractivity contribution in [3.63, 3.8) is 0 Å². The number of piperidine rings is 1. The highest BCUT2D eigenvalue weighted by Crippen LogP contribution is 2.11. The molecule has 0 aromatic rings. The van der Waals surface area contributed by atoms with E-state index in [1.54, 1.807) is 0 Å². The van der Waals surface area contributed by atoms with Gasteiger partial charge in [0.25, 0.3) is 0 Å². The minimum absolute atomic E-state index is 0.270. The number of allylic oxidation sites excluding steroid dienone is 1. The molecule has 2 atom stereocenters. The van der Waals surface area contributed by atoms with Crippen molar-refractivity contribution in [3.8, 4) is 0 Å². The van der Waals surface area contributed by atoms with Crippen molar-refractivity contribution in [2.75, 3.05) is 13.6 Å². The maximum absolute atomic E-state index is 11.3. The van der Waals surface area contributed by atoms with Gasteiger partial charge in [-0.2, -0.15) is 0 Å². The zero-order chi connectivity index (χ0) is 11.3. The second kappa shape index (κ2) is 5.91. The lowest BCUT2D eigenvalue weighted by molar-refractivity contribution is -0.132. The lowest BCUT2D eigenvalue weighted by atomic mass is 10.0. The Bertz CT molecular complexity index is 228. The van der Waals surface area contributed by atoms with Gasteiger partial charge in [-0.3, -0.25) is 4.79 Å². The summed E-state index contributed by atoms with van der Waals surface area (Å²) in [4.78, 5) is 13.1. The van der Waals surface area contributed by atoms with Crippen LogP contribution in [0.4, 0.5) is 0 Å². The predicted octanol–water partition coefficient (Wildman–Crippen LogP) is 1.55. The first-order valence-corrected chi connectivity index (χ1v) is 5.74. The lowest BCUT2D eigenvalue weighted by Gasteiger charge is -2.32. The molecule has 0 spiro atoms. The lowest BCUT2D eigenvalue weighted by Crippen LogP contribution is -2.49. The Hall–Kier alpha value is -0.830. The highest BCUT2D eigenvalue weighted by Gasteiger charge is 2.23. The van der Waals surface area contributed by atoms with Gasteiger partial charge in [0.1, 0.15) is 0 Å². The normalized spacial score (nSPS) is 24.0. The summed E-state index contributed by atoms with van der Waals surface area (Å²) >= 11 is 0. The summed E-state index contributed by atoms with van der Waals surface area (Å²) in [5.41, 5.74) is 0. The van der Waals surface area contributed by atoms with E-state index in [-0.39, 0.29) is 5.91 Å². The second-order valence-corrected chi connectivity index (χ2v) is 4.44. The van der Waals surface area contributed by atoms with Crippen LogP contribution in [0.15, 0.2) is 12.7 Å². The van der Waals surface area contributed by atoms with E-state index in [2.05, 4.69) is 18.8 Å². The highest BCUT2D eigenvalue weighted by atomic mass is 16.2. The minimum Gasteiger partial charge on any atom is -0.344 e. The number of nitrogens with zero attached hydrogens (tertiary/aromatic N) is 1. The fourth-order valence-corrected chi connectivity index (χ4v) is 2.00. The van der Waals surface area contributed by atoms with Gasteiger partial charge in [-0.05, 0) is 26.2 Å². The number of likely N-dealkylation sites (N-methyl/N-ethyl adjacent to an activating group) is 1. The standard InChI is InChI=1S/C12H22N2O/c1-4-5-6-10(2)13-11-7-8-12(15)14(3)9-11/h4,10-11,13H,1,5-9H2,2-3H3/t10-,11-/m1/s1. The van der Waals surface area contributed by atoms with Crippen LogP contribution in [-0.2, 0) is 4.79 Å². The van der Waals surface area contributed by atoms with Crippen LogP contribution in [0.5, 0.6) is 0 Å². The molecule has 0 saturated carbocycles. The van der Waals surface area contributed by atoms with Crippen LogP contribution in [0, 0.1) is 0 Å². The van der Waals surface area contributed by atoms with Gasteiger partial charge in [0.05, 0.1) is 0 Å². The van der Waals surface area contributed by atoms with Crippen LogP contribution in [0.25, 0.3) is 0 Å².